The molecule has 0 amide bonds. The average Bonchev–Trinajstić information content (AvgIpc) is 2.44. The van der Waals surface area contributed by atoms with Gasteiger partial charge in [0, 0.05) is 17.5 Å². The molecule has 0 fully saturated rings. The molecular formula is C16H21NO3. The Morgan fingerprint density at radius 3 is 2.40 bits per heavy atom. The van der Waals surface area contributed by atoms with Crippen molar-refractivity contribution in [1.82, 2.24) is 4.90 Å². The molecule has 0 atom stereocenters. The molecule has 2 rings (SSSR count). The largest absolute Gasteiger partial charge is 0.507 e. The Balaban J connectivity index is 2.70. The van der Waals surface area contributed by atoms with Crippen LogP contribution in [0.4, 0.5) is 0 Å². The zero-order chi connectivity index (χ0) is 14.9. The van der Waals surface area contributed by atoms with Gasteiger partial charge < -0.3 is 9.52 Å². The number of hydrogen-bond donors (Lipinski definition) is 1. The Labute approximate surface area is 118 Å². The van der Waals surface area contributed by atoms with Gasteiger partial charge in [-0.05, 0) is 44.6 Å². The third-order valence-corrected chi connectivity index (χ3v) is 3.98. The predicted octanol–water partition coefficient (Wildman–Crippen LogP) is 2.96. The lowest BCUT2D eigenvalue weighted by molar-refractivity contribution is 0.290. The monoisotopic (exact) mass is 275 g/mol. The van der Waals surface area contributed by atoms with Gasteiger partial charge in [-0.3, -0.25) is 4.90 Å². The van der Waals surface area contributed by atoms with Crippen LogP contribution in [0.1, 0.15) is 30.5 Å². The topological polar surface area (TPSA) is 53.7 Å². The number of hydrogen-bond acceptors (Lipinski definition) is 4. The maximum Gasteiger partial charge on any atom is 0.339 e. The van der Waals surface area contributed by atoms with E-state index in [0.29, 0.717) is 23.3 Å². The van der Waals surface area contributed by atoms with E-state index < -0.39 is 0 Å². The van der Waals surface area contributed by atoms with Gasteiger partial charge in [-0.15, -0.1) is 0 Å². The van der Waals surface area contributed by atoms with E-state index in [-0.39, 0.29) is 11.4 Å². The minimum atomic E-state index is -0.332. The van der Waals surface area contributed by atoms with Gasteiger partial charge in [0.15, 0.2) is 0 Å². The third kappa shape index (κ3) is 2.43. The van der Waals surface area contributed by atoms with E-state index in [4.69, 9.17) is 4.42 Å². The molecule has 1 heterocycles. The molecule has 1 aromatic heterocycles. The molecule has 20 heavy (non-hydrogen) atoms. The molecule has 4 heteroatoms. The number of rotatable bonds is 4. The Kier molecular flexibility index (Phi) is 4.14. The average molecular weight is 275 g/mol. The van der Waals surface area contributed by atoms with Gasteiger partial charge in [0.25, 0.3) is 0 Å². The number of phenols is 1. The number of phenolic OH excluding ortho intramolecular Hbond substituents is 1. The summed E-state index contributed by atoms with van der Waals surface area (Å²) in [5, 5.41) is 11.0. The second-order valence-electron chi connectivity index (χ2n) is 5.04. The maximum absolute atomic E-state index is 11.9. The lowest BCUT2D eigenvalue weighted by Gasteiger charge is -2.19. The number of aryl methyl sites for hydroxylation is 1. The van der Waals surface area contributed by atoms with Crippen molar-refractivity contribution >= 4 is 11.0 Å². The van der Waals surface area contributed by atoms with Gasteiger partial charge in [0.05, 0.1) is 5.56 Å². The second kappa shape index (κ2) is 5.67. The molecule has 0 spiro atoms. The molecule has 2 aromatic rings. The van der Waals surface area contributed by atoms with Crippen LogP contribution in [0.15, 0.2) is 21.3 Å². The van der Waals surface area contributed by atoms with Gasteiger partial charge in [0.2, 0.25) is 0 Å². The molecule has 0 aliphatic carbocycles. The summed E-state index contributed by atoms with van der Waals surface area (Å²) in [5.74, 6) is 0.177. The van der Waals surface area contributed by atoms with Crippen molar-refractivity contribution in [2.45, 2.75) is 34.2 Å². The van der Waals surface area contributed by atoms with E-state index in [1.165, 1.54) is 0 Å². The van der Waals surface area contributed by atoms with Crippen LogP contribution in [0.2, 0.25) is 0 Å². The number of fused-ring (bicyclic) bond motifs is 1. The summed E-state index contributed by atoms with van der Waals surface area (Å²) in [7, 11) is 0. The quantitative estimate of drug-likeness (QED) is 0.872. The zero-order valence-electron chi connectivity index (χ0n) is 12.5. The van der Waals surface area contributed by atoms with Crippen LogP contribution in [0.5, 0.6) is 5.75 Å². The van der Waals surface area contributed by atoms with E-state index in [0.717, 1.165) is 24.0 Å². The molecule has 108 valence electrons. The standard InChI is InChI=1S/C16H21NO3/c1-5-17(6-2)9-13-14(18)8-7-12-10(3)11(4)16(19)20-15(12)13/h7-8,18H,5-6,9H2,1-4H3. The maximum atomic E-state index is 11.9. The van der Waals surface area contributed by atoms with Crippen LogP contribution >= 0.6 is 0 Å². The molecule has 1 N–H and O–H groups in total. The molecule has 1 aromatic carbocycles. The van der Waals surface area contributed by atoms with Crippen molar-refractivity contribution in [2.75, 3.05) is 13.1 Å². The molecule has 0 saturated heterocycles. The SMILES string of the molecule is CCN(CC)Cc1c(O)ccc2c(C)c(C)c(=O)oc12. The first-order chi connectivity index (χ1) is 9.49. The van der Waals surface area contributed by atoms with E-state index in [1.54, 1.807) is 13.0 Å². The predicted molar refractivity (Wildman–Crippen MR) is 80.2 cm³/mol. The van der Waals surface area contributed by atoms with E-state index >= 15 is 0 Å². The number of nitrogens with zero attached hydrogens (tertiary/aromatic N) is 1. The van der Waals surface area contributed by atoms with Gasteiger partial charge in [-0.1, -0.05) is 13.8 Å². The van der Waals surface area contributed by atoms with Gasteiger partial charge in [0.1, 0.15) is 11.3 Å². The Bertz CT molecular complexity index is 684. The van der Waals surface area contributed by atoms with Crippen LogP contribution in [-0.4, -0.2) is 23.1 Å². The summed E-state index contributed by atoms with van der Waals surface area (Å²) in [6.45, 7) is 10.1. The van der Waals surface area contributed by atoms with Crippen molar-refractivity contribution in [2.24, 2.45) is 0 Å². The molecule has 0 saturated carbocycles. The first kappa shape index (κ1) is 14.6. The smallest absolute Gasteiger partial charge is 0.339 e. The van der Waals surface area contributed by atoms with Crippen LogP contribution in [0, 0.1) is 13.8 Å². The summed E-state index contributed by atoms with van der Waals surface area (Å²) in [6.07, 6.45) is 0. The van der Waals surface area contributed by atoms with Crippen molar-refractivity contribution in [3.8, 4) is 5.75 Å². The fourth-order valence-electron chi connectivity index (χ4n) is 2.38. The van der Waals surface area contributed by atoms with Crippen LogP contribution in [-0.2, 0) is 6.54 Å². The Hall–Kier alpha value is -1.81. The van der Waals surface area contributed by atoms with Crippen LogP contribution < -0.4 is 5.63 Å². The third-order valence-electron chi connectivity index (χ3n) is 3.98. The Morgan fingerprint density at radius 1 is 1.15 bits per heavy atom. The molecule has 0 bridgehead atoms. The van der Waals surface area contributed by atoms with Gasteiger partial charge >= 0.3 is 5.63 Å². The highest BCUT2D eigenvalue weighted by Crippen LogP contribution is 2.30. The summed E-state index contributed by atoms with van der Waals surface area (Å²) < 4.78 is 5.43. The van der Waals surface area contributed by atoms with E-state index in [1.807, 2.05) is 13.0 Å². The summed E-state index contributed by atoms with van der Waals surface area (Å²) in [5.41, 5.74) is 2.40. The van der Waals surface area contributed by atoms with Crippen molar-refractivity contribution in [3.63, 3.8) is 0 Å². The highest BCUT2D eigenvalue weighted by molar-refractivity contribution is 5.85. The second-order valence-corrected chi connectivity index (χ2v) is 5.04. The zero-order valence-corrected chi connectivity index (χ0v) is 12.5. The molecule has 0 radical (unpaired) electrons. The minimum Gasteiger partial charge on any atom is -0.507 e. The Morgan fingerprint density at radius 2 is 1.80 bits per heavy atom. The van der Waals surface area contributed by atoms with Crippen molar-refractivity contribution in [3.05, 3.63) is 39.2 Å². The van der Waals surface area contributed by atoms with E-state index in [2.05, 4.69) is 18.7 Å². The number of benzene rings is 1. The highest BCUT2D eigenvalue weighted by atomic mass is 16.4. The van der Waals surface area contributed by atoms with E-state index in [9.17, 15) is 9.90 Å². The highest BCUT2D eigenvalue weighted by Gasteiger charge is 2.16. The molecular weight excluding hydrogens is 254 g/mol. The summed E-state index contributed by atoms with van der Waals surface area (Å²) in [6, 6.07) is 3.48. The first-order valence-corrected chi connectivity index (χ1v) is 6.96. The lowest BCUT2D eigenvalue weighted by Crippen LogP contribution is -2.22. The van der Waals surface area contributed by atoms with Crippen molar-refractivity contribution in [1.29, 1.82) is 0 Å². The van der Waals surface area contributed by atoms with Crippen LogP contribution in [0.3, 0.4) is 0 Å². The molecule has 0 aliphatic rings. The van der Waals surface area contributed by atoms with Gasteiger partial charge in [-0.2, -0.15) is 0 Å². The summed E-state index contributed by atoms with van der Waals surface area (Å²) >= 11 is 0. The normalized spacial score (nSPS) is 11.4. The molecule has 0 aliphatic heterocycles. The van der Waals surface area contributed by atoms with Crippen LogP contribution in [0.25, 0.3) is 11.0 Å². The fourth-order valence-corrected chi connectivity index (χ4v) is 2.38. The van der Waals surface area contributed by atoms with Crippen molar-refractivity contribution < 1.29 is 9.52 Å². The first-order valence-electron chi connectivity index (χ1n) is 6.96. The fraction of sp³-hybridized carbons (Fsp3) is 0.438. The lowest BCUT2D eigenvalue weighted by atomic mass is 10.0. The summed E-state index contributed by atoms with van der Waals surface area (Å²) in [4.78, 5) is 14.1. The minimum absolute atomic E-state index is 0.177. The molecule has 0 unspecified atom stereocenters. The van der Waals surface area contributed by atoms with Gasteiger partial charge in [-0.25, -0.2) is 4.79 Å². The molecule has 4 nitrogen and oxygen atoms in total. The number of aromatic hydroxyl groups is 1.